The molecule has 0 heterocycles. The van der Waals surface area contributed by atoms with E-state index in [1.165, 1.54) is 31.2 Å². The standard InChI is InChI=1S/C52H86N14O17S/c1-26(2)41(65-50(80)42(27(3)4)64-43(73)33(55)23-67)49(79)61-35(13-9-11-19-54)46(76)60-34(12-8-10-18-53)45(75)59-28(5)51(81)66(25-57-30(7)68)38(24-84)48(78)63-36(20-31-14-16-32(69)17-15-31)47(77)62-37(21-40(71)72)44(74)56-22-39(70)58-29(6)52(82)83/h14-17,26-29,33-38,41-42,67,69,84H,8-13,18-25,53-55H2,1-7H3,(H,56,74)(H,57,68)(H,58,70)(H,59,75)(H,60,76)(H,61,79)(H,62,77)(H,63,78)(H,64,73)(H,65,80)(H,71,72)(H,82,83)/t28-,29-,33-,34-,35-,36-,37-,38-,41-,42-/m0/s1. The number of carboxylic acids is 2. The zero-order chi connectivity index (χ0) is 64.0. The minimum atomic E-state index is -1.88. The Morgan fingerprint density at radius 3 is 1.52 bits per heavy atom. The van der Waals surface area contributed by atoms with Crippen molar-refractivity contribution in [2.24, 2.45) is 29.0 Å². The van der Waals surface area contributed by atoms with Crippen LogP contribution in [0.5, 0.6) is 5.75 Å². The summed E-state index contributed by atoms with van der Waals surface area (Å²) in [7, 11) is 0. The summed E-state index contributed by atoms with van der Waals surface area (Å²) < 4.78 is 0. The molecule has 11 amide bonds. The summed E-state index contributed by atoms with van der Waals surface area (Å²) in [6, 6.07) is -9.27. The summed E-state index contributed by atoms with van der Waals surface area (Å²) in [6.07, 6.45) is -0.0238. The van der Waals surface area contributed by atoms with Crippen molar-refractivity contribution in [3.05, 3.63) is 29.8 Å². The van der Waals surface area contributed by atoms with Crippen LogP contribution in [0.3, 0.4) is 0 Å². The van der Waals surface area contributed by atoms with Gasteiger partial charge in [-0.3, -0.25) is 62.3 Å². The Labute approximate surface area is 492 Å². The van der Waals surface area contributed by atoms with Gasteiger partial charge in [0.05, 0.1) is 26.2 Å². The maximum atomic E-state index is 14.5. The fourth-order valence-corrected chi connectivity index (χ4v) is 8.21. The van der Waals surface area contributed by atoms with Crippen LogP contribution >= 0.6 is 12.6 Å². The van der Waals surface area contributed by atoms with Gasteiger partial charge in [0.2, 0.25) is 65.0 Å². The van der Waals surface area contributed by atoms with Crippen LogP contribution < -0.4 is 70.4 Å². The highest BCUT2D eigenvalue weighted by Crippen LogP contribution is 2.15. The predicted octanol–water partition coefficient (Wildman–Crippen LogP) is -5.36. The first-order chi connectivity index (χ1) is 39.4. The number of nitrogens with two attached hydrogens (primary N) is 3. The largest absolute Gasteiger partial charge is 0.508 e. The van der Waals surface area contributed by atoms with Crippen LogP contribution in [0.25, 0.3) is 0 Å². The van der Waals surface area contributed by atoms with Gasteiger partial charge in [0.1, 0.15) is 66.2 Å². The van der Waals surface area contributed by atoms with Crippen molar-refractivity contribution in [1.82, 2.24) is 58.1 Å². The third-order valence-electron chi connectivity index (χ3n) is 12.7. The van der Waals surface area contributed by atoms with Crippen molar-refractivity contribution >= 4 is 89.5 Å². The van der Waals surface area contributed by atoms with Crippen LogP contribution in [-0.4, -0.2) is 201 Å². The molecule has 472 valence electrons. The molecule has 0 aromatic heterocycles. The summed E-state index contributed by atoms with van der Waals surface area (Å²) in [4.78, 5) is 173. The molecule has 0 saturated heterocycles. The van der Waals surface area contributed by atoms with Gasteiger partial charge in [-0.25, -0.2) is 0 Å². The number of thiol groups is 1. The maximum absolute atomic E-state index is 14.5. The Kier molecular flexibility index (Phi) is 33.8. The number of hydrogen-bond acceptors (Lipinski definition) is 19. The van der Waals surface area contributed by atoms with Crippen molar-refractivity contribution in [1.29, 1.82) is 0 Å². The van der Waals surface area contributed by atoms with Crippen molar-refractivity contribution in [3.8, 4) is 5.75 Å². The molecule has 1 aromatic carbocycles. The molecule has 84 heavy (non-hydrogen) atoms. The van der Waals surface area contributed by atoms with Crippen molar-refractivity contribution in [2.75, 3.05) is 38.7 Å². The number of nitrogens with one attached hydrogen (secondary N) is 10. The Bertz CT molecular complexity index is 2420. The lowest BCUT2D eigenvalue weighted by Gasteiger charge is -2.33. The summed E-state index contributed by atoms with van der Waals surface area (Å²) >= 11 is 4.31. The summed E-state index contributed by atoms with van der Waals surface area (Å²) in [6.45, 7) is 8.28. The molecule has 0 aliphatic heterocycles. The molecule has 1 aromatic rings. The highest BCUT2D eigenvalue weighted by atomic mass is 32.1. The van der Waals surface area contributed by atoms with Gasteiger partial charge >= 0.3 is 11.9 Å². The maximum Gasteiger partial charge on any atom is 0.325 e. The molecule has 32 heteroatoms. The SMILES string of the molecule is CC(=O)NCN(C(=O)[C@H](C)NC(=O)[C@H](CCCCN)NC(=O)[C@H](CCCCN)NC(=O)[C@@H](NC(=O)[C@@H](NC(=O)[C@@H](N)CO)C(C)C)C(C)C)[C@@H](CS)C(=O)N[C@@H](Cc1ccc(O)cc1)C(=O)N[C@@H](CC(=O)O)C(=O)NCC(=O)N[C@@H](C)C(=O)O. The number of carboxylic acid groups (broad SMARTS) is 2. The van der Waals surface area contributed by atoms with E-state index >= 15 is 0 Å². The first-order valence-corrected chi connectivity index (χ1v) is 27.9. The summed E-state index contributed by atoms with van der Waals surface area (Å²) in [5.74, 6) is -14.8. The van der Waals surface area contributed by atoms with Gasteiger partial charge in [-0.2, -0.15) is 12.6 Å². The van der Waals surface area contributed by atoms with E-state index in [-0.39, 0.29) is 44.5 Å². The second-order valence-corrected chi connectivity index (χ2v) is 20.9. The van der Waals surface area contributed by atoms with Crippen LogP contribution in [0.4, 0.5) is 0 Å². The molecule has 0 spiro atoms. The van der Waals surface area contributed by atoms with Crippen LogP contribution in [0.15, 0.2) is 24.3 Å². The molecule has 10 atom stereocenters. The third-order valence-corrected chi connectivity index (χ3v) is 13.1. The quantitative estimate of drug-likeness (QED) is 0.0166. The zero-order valence-electron chi connectivity index (χ0n) is 48.4. The second kappa shape index (κ2) is 38.2. The molecule has 0 unspecified atom stereocenters. The van der Waals surface area contributed by atoms with E-state index in [0.717, 1.165) is 18.7 Å². The minimum absolute atomic E-state index is 0.0153. The number of benzene rings is 1. The number of aliphatic hydroxyl groups excluding tert-OH is 1. The van der Waals surface area contributed by atoms with Crippen LogP contribution in [-0.2, 0) is 68.7 Å². The second-order valence-electron chi connectivity index (χ2n) is 20.5. The monoisotopic (exact) mass is 1210 g/mol. The number of rotatable bonds is 39. The number of carbonyl (C=O) groups is 13. The predicted molar refractivity (Wildman–Crippen MR) is 305 cm³/mol. The smallest absolute Gasteiger partial charge is 0.325 e. The van der Waals surface area contributed by atoms with E-state index in [0.29, 0.717) is 24.8 Å². The molecule has 0 aliphatic rings. The van der Waals surface area contributed by atoms with E-state index in [9.17, 15) is 77.6 Å². The molecule has 0 saturated carbocycles. The number of aliphatic carboxylic acids is 2. The van der Waals surface area contributed by atoms with Crippen molar-refractivity contribution in [3.63, 3.8) is 0 Å². The molecule has 0 bridgehead atoms. The fourth-order valence-electron chi connectivity index (χ4n) is 7.84. The summed E-state index contributed by atoms with van der Waals surface area (Å²) in [5.41, 5.74) is 17.4. The molecule has 0 fully saturated rings. The fraction of sp³-hybridized carbons (Fsp3) is 0.635. The lowest BCUT2D eigenvalue weighted by Crippen LogP contribution is -2.62. The average molecular weight is 1210 g/mol. The van der Waals surface area contributed by atoms with Gasteiger partial charge in [-0.15, -0.1) is 0 Å². The lowest BCUT2D eigenvalue weighted by atomic mass is 9.98. The van der Waals surface area contributed by atoms with Gasteiger partial charge < -0.3 is 95.7 Å². The third kappa shape index (κ3) is 26.7. The van der Waals surface area contributed by atoms with E-state index in [2.05, 4.69) is 65.8 Å². The Hall–Kier alpha value is -7.68. The number of aliphatic hydroxyl groups is 1. The zero-order valence-corrected chi connectivity index (χ0v) is 49.3. The Balaban J connectivity index is 3.61. The Morgan fingerprint density at radius 1 is 0.571 bits per heavy atom. The van der Waals surface area contributed by atoms with Crippen LogP contribution in [0, 0.1) is 11.8 Å². The topological polar surface area (TPSA) is 504 Å². The first-order valence-electron chi connectivity index (χ1n) is 27.3. The first kappa shape index (κ1) is 74.3. The average Bonchev–Trinajstić information content (AvgIpc) is 3.64. The number of amides is 11. The van der Waals surface area contributed by atoms with Crippen molar-refractivity contribution < 1.29 is 82.8 Å². The van der Waals surface area contributed by atoms with E-state index < -0.39 is 181 Å². The number of hydrogen-bond donors (Lipinski definition) is 18. The molecular formula is C52H86N14O17S. The normalized spacial score (nSPS) is 14.6. The summed E-state index contributed by atoms with van der Waals surface area (Å²) in [5, 5.41) is 62.3. The van der Waals surface area contributed by atoms with Gasteiger partial charge in [-0.05, 0) is 95.0 Å². The molecule has 31 nitrogen and oxygen atoms in total. The van der Waals surface area contributed by atoms with Gasteiger partial charge in [0, 0.05) is 19.1 Å². The van der Waals surface area contributed by atoms with Crippen LogP contribution in [0.1, 0.15) is 99.0 Å². The van der Waals surface area contributed by atoms with Gasteiger partial charge in [0.25, 0.3) is 0 Å². The number of phenolic OH excluding ortho intramolecular Hbond substituents is 1. The van der Waals surface area contributed by atoms with E-state index in [4.69, 9.17) is 22.3 Å². The number of phenols is 1. The van der Waals surface area contributed by atoms with Gasteiger partial charge in [-0.1, -0.05) is 39.8 Å². The lowest BCUT2D eigenvalue weighted by molar-refractivity contribution is -0.144. The Morgan fingerprint density at radius 2 is 1.05 bits per heavy atom. The highest BCUT2D eigenvalue weighted by molar-refractivity contribution is 7.80. The van der Waals surface area contributed by atoms with E-state index in [1.54, 1.807) is 27.7 Å². The number of nitrogens with zero attached hydrogens (tertiary/aromatic N) is 1. The number of carbonyl (C=O) groups excluding carboxylic acids is 11. The molecule has 0 aliphatic carbocycles. The molecule has 1 rings (SSSR count). The molecular weight excluding hydrogens is 1120 g/mol. The molecule has 0 radical (unpaired) electrons. The van der Waals surface area contributed by atoms with Crippen LogP contribution in [0.2, 0.25) is 0 Å². The highest BCUT2D eigenvalue weighted by Gasteiger charge is 2.38. The van der Waals surface area contributed by atoms with Gasteiger partial charge in [0.15, 0.2) is 0 Å². The molecule has 20 N–H and O–H groups in total. The van der Waals surface area contributed by atoms with Crippen molar-refractivity contribution in [2.45, 2.75) is 160 Å². The number of unbranched alkanes of at least 4 members (excludes halogenated alkanes) is 2. The van der Waals surface area contributed by atoms with E-state index in [1.807, 2.05) is 0 Å². The minimum Gasteiger partial charge on any atom is -0.508 e. The number of aromatic hydroxyl groups is 1.